The molecule has 0 aliphatic rings. The van der Waals surface area contributed by atoms with Gasteiger partial charge in [-0.25, -0.2) is 0 Å². The molecular formula is C7H17Cl. The Morgan fingerprint density at radius 1 is 1.00 bits per heavy atom. The maximum Gasteiger partial charge on any atom is 0.0195 e. The maximum atomic E-state index is 5.00. The van der Waals surface area contributed by atoms with Crippen molar-refractivity contribution in [3.63, 3.8) is 0 Å². The summed E-state index contributed by atoms with van der Waals surface area (Å²) in [7, 11) is 0. The van der Waals surface area contributed by atoms with Crippen molar-refractivity contribution >= 4 is 11.6 Å². The summed E-state index contributed by atoms with van der Waals surface area (Å²) in [6.07, 6.45) is 4.08. The van der Waals surface area contributed by atoms with Crippen molar-refractivity contribution in [2.45, 2.75) is 40.0 Å². The molecule has 0 bridgehead atoms. The molecule has 0 aromatic carbocycles. The molecular weight excluding hydrogens is 120 g/mol. The topological polar surface area (TPSA) is 0 Å². The third kappa shape index (κ3) is 33.6. The molecule has 52 valence electrons. The van der Waals surface area contributed by atoms with E-state index in [1.54, 1.807) is 0 Å². The van der Waals surface area contributed by atoms with Gasteiger partial charge in [0.1, 0.15) is 0 Å². The summed E-state index contributed by atoms with van der Waals surface area (Å²) in [5, 5.41) is 0. The summed E-state index contributed by atoms with van der Waals surface area (Å²) < 4.78 is 0. The minimum atomic E-state index is 0.722. The van der Waals surface area contributed by atoms with Crippen LogP contribution in [0.1, 0.15) is 40.0 Å². The van der Waals surface area contributed by atoms with Gasteiger partial charge in [0.05, 0.1) is 0 Å². The SMILES string of the molecule is CCCCC.CCCl. The van der Waals surface area contributed by atoms with Crippen LogP contribution in [-0.4, -0.2) is 5.88 Å². The highest BCUT2D eigenvalue weighted by Crippen LogP contribution is 1.88. The lowest BCUT2D eigenvalue weighted by Crippen LogP contribution is -1.59. The van der Waals surface area contributed by atoms with Gasteiger partial charge in [-0.05, 0) is 0 Å². The fourth-order valence-electron chi connectivity index (χ4n) is 0.354. The van der Waals surface area contributed by atoms with Crippen LogP contribution in [0, 0.1) is 0 Å². The number of hydrogen-bond donors (Lipinski definition) is 0. The molecule has 0 rings (SSSR count). The zero-order valence-electron chi connectivity index (χ0n) is 6.21. The fraction of sp³-hybridized carbons (Fsp3) is 1.00. The van der Waals surface area contributed by atoms with E-state index in [0.29, 0.717) is 0 Å². The van der Waals surface area contributed by atoms with Crippen LogP contribution in [0.15, 0.2) is 0 Å². The first-order chi connectivity index (χ1) is 3.83. The van der Waals surface area contributed by atoms with Crippen molar-refractivity contribution in [1.82, 2.24) is 0 Å². The molecule has 0 aliphatic carbocycles. The summed E-state index contributed by atoms with van der Waals surface area (Å²) in [6.45, 7) is 6.31. The van der Waals surface area contributed by atoms with Crippen molar-refractivity contribution in [3.8, 4) is 0 Å². The highest BCUT2D eigenvalue weighted by atomic mass is 35.5. The monoisotopic (exact) mass is 136 g/mol. The van der Waals surface area contributed by atoms with Crippen LogP contribution in [0.2, 0.25) is 0 Å². The van der Waals surface area contributed by atoms with E-state index in [1.165, 1.54) is 19.3 Å². The van der Waals surface area contributed by atoms with Gasteiger partial charge in [0.2, 0.25) is 0 Å². The van der Waals surface area contributed by atoms with Crippen LogP contribution in [0.25, 0.3) is 0 Å². The Hall–Kier alpha value is 0.290. The average molecular weight is 137 g/mol. The van der Waals surface area contributed by atoms with E-state index in [1.807, 2.05) is 6.92 Å². The van der Waals surface area contributed by atoms with Crippen LogP contribution >= 0.6 is 11.6 Å². The zero-order chi connectivity index (χ0) is 6.83. The molecule has 0 unspecified atom stereocenters. The average Bonchev–Trinajstić information content (AvgIpc) is 1.71. The van der Waals surface area contributed by atoms with E-state index in [0.717, 1.165) is 5.88 Å². The molecule has 0 saturated heterocycles. The van der Waals surface area contributed by atoms with Crippen molar-refractivity contribution < 1.29 is 0 Å². The first-order valence-corrected chi connectivity index (χ1v) is 3.92. The fourth-order valence-corrected chi connectivity index (χ4v) is 0.354. The van der Waals surface area contributed by atoms with Gasteiger partial charge in [0.25, 0.3) is 0 Å². The van der Waals surface area contributed by atoms with E-state index in [9.17, 15) is 0 Å². The molecule has 0 saturated carbocycles. The molecule has 0 amide bonds. The zero-order valence-corrected chi connectivity index (χ0v) is 6.96. The number of rotatable bonds is 2. The van der Waals surface area contributed by atoms with Crippen LogP contribution in [-0.2, 0) is 0 Å². The molecule has 0 aromatic rings. The molecule has 0 nitrogen and oxygen atoms in total. The van der Waals surface area contributed by atoms with Gasteiger partial charge in [-0.3, -0.25) is 0 Å². The third-order valence-electron chi connectivity index (χ3n) is 0.707. The Balaban J connectivity index is 0. The van der Waals surface area contributed by atoms with E-state index in [4.69, 9.17) is 11.6 Å². The summed E-state index contributed by atoms with van der Waals surface area (Å²) in [6, 6.07) is 0. The van der Waals surface area contributed by atoms with E-state index in [2.05, 4.69) is 13.8 Å². The number of unbranched alkanes of at least 4 members (excludes halogenated alkanes) is 2. The summed E-state index contributed by atoms with van der Waals surface area (Å²) in [5.74, 6) is 0.722. The standard InChI is InChI=1S/C5H12.C2H5Cl/c1-3-5-4-2;1-2-3/h3-5H2,1-2H3;2H2,1H3. The quantitative estimate of drug-likeness (QED) is 0.511. The smallest absolute Gasteiger partial charge is 0.0195 e. The molecule has 8 heavy (non-hydrogen) atoms. The second-order valence-electron chi connectivity index (χ2n) is 1.62. The first kappa shape index (κ1) is 11.1. The summed E-state index contributed by atoms with van der Waals surface area (Å²) in [5.41, 5.74) is 0. The van der Waals surface area contributed by atoms with Gasteiger partial charge in [0.15, 0.2) is 0 Å². The minimum Gasteiger partial charge on any atom is -0.127 e. The highest BCUT2D eigenvalue weighted by Gasteiger charge is 1.68. The molecule has 0 fully saturated rings. The highest BCUT2D eigenvalue weighted by molar-refractivity contribution is 6.17. The molecule has 0 aliphatic heterocycles. The Kier molecular flexibility index (Phi) is 21.8. The van der Waals surface area contributed by atoms with Gasteiger partial charge in [-0.15, -0.1) is 11.6 Å². The van der Waals surface area contributed by atoms with Crippen molar-refractivity contribution in [3.05, 3.63) is 0 Å². The van der Waals surface area contributed by atoms with Gasteiger partial charge in [-0.1, -0.05) is 40.0 Å². The lowest BCUT2D eigenvalue weighted by Gasteiger charge is -1.79. The molecule has 0 atom stereocenters. The van der Waals surface area contributed by atoms with Gasteiger partial charge in [-0.2, -0.15) is 0 Å². The molecule has 0 radical (unpaired) electrons. The van der Waals surface area contributed by atoms with E-state index < -0.39 is 0 Å². The Labute approximate surface area is 58.2 Å². The van der Waals surface area contributed by atoms with Gasteiger partial charge < -0.3 is 0 Å². The summed E-state index contributed by atoms with van der Waals surface area (Å²) >= 11 is 5.00. The molecule has 0 spiro atoms. The first-order valence-electron chi connectivity index (χ1n) is 3.39. The lowest BCUT2D eigenvalue weighted by atomic mass is 10.3. The van der Waals surface area contributed by atoms with Crippen molar-refractivity contribution in [2.75, 3.05) is 5.88 Å². The second-order valence-corrected chi connectivity index (χ2v) is 2.16. The number of hydrogen-bond acceptors (Lipinski definition) is 0. The molecule has 0 heterocycles. The Bertz CT molecular complexity index is 18.3. The molecule has 0 aromatic heterocycles. The lowest BCUT2D eigenvalue weighted by molar-refractivity contribution is 0.772. The van der Waals surface area contributed by atoms with Crippen molar-refractivity contribution in [1.29, 1.82) is 0 Å². The Morgan fingerprint density at radius 3 is 1.25 bits per heavy atom. The van der Waals surface area contributed by atoms with Gasteiger partial charge >= 0.3 is 0 Å². The Morgan fingerprint density at radius 2 is 1.25 bits per heavy atom. The van der Waals surface area contributed by atoms with Crippen LogP contribution < -0.4 is 0 Å². The minimum absolute atomic E-state index is 0.722. The molecule has 0 N–H and O–H groups in total. The maximum absolute atomic E-state index is 5.00. The largest absolute Gasteiger partial charge is 0.127 e. The second kappa shape index (κ2) is 15.7. The van der Waals surface area contributed by atoms with Crippen LogP contribution in [0.4, 0.5) is 0 Å². The third-order valence-corrected chi connectivity index (χ3v) is 0.707. The van der Waals surface area contributed by atoms with Crippen molar-refractivity contribution in [2.24, 2.45) is 0 Å². The van der Waals surface area contributed by atoms with E-state index >= 15 is 0 Å². The number of halogens is 1. The van der Waals surface area contributed by atoms with E-state index in [-0.39, 0.29) is 0 Å². The predicted molar refractivity (Wildman–Crippen MR) is 41.6 cm³/mol. The summed E-state index contributed by atoms with van der Waals surface area (Å²) in [4.78, 5) is 0. The van der Waals surface area contributed by atoms with Gasteiger partial charge in [0, 0.05) is 5.88 Å². The van der Waals surface area contributed by atoms with Crippen LogP contribution in [0.5, 0.6) is 0 Å². The normalized spacial score (nSPS) is 7.50. The molecule has 1 heteroatoms. The van der Waals surface area contributed by atoms with Crippen LogP contribution in [0.3, 0.4) is 0 Å². The predicted octanol–water partition coefficient (Wildman–Crippen LogP) is 3.44. The number of alkyl halides is 1.